The maximum absolute atomic E-state index is 12.2. The number of halogens is 1. The molecule has 94 valence electrons. The number of hydrogen-bond acceptors (Lipinski definition) is 3. The van der Waals surface area contributed by atoms with E-state index in [0.717, 1.165) is 21.6 Å². The van der Waals surface area contributed by atoms with Crippen LogP contribution in [-0.4, -0.2) is 20.5 Å². The van der Waals surface area contributed by atoms with Crippen molar-refractivity contribution in [2.75, 3.05) is 0 Å². The Kier molecular flexibility index (Phi) is 3.61. The molecular weight excluding hydrogens is 294 g/mol. The lowest BCUT2D eigenvalue weighted by molar-refractivity contribution is 0.0985. The van der Waals surface area contributed by atoms with Crippen LogP contribution >= 0.6 is 15.9 Å². The molecule has 0 aliphatic carbocycles. The van der Waals surface area contributed by atoms with Gasteiger partial charge in [0.2, 0.25) is 0 Å². The number of aromatic nitrogens is 3. The summed E-state index contributed by atoms with van der Waals surface area (Å²) >= 11 is 3.46. The van der Waals surface area contributed by atoms with Crippen molar-refractivity contribution in [3.63, 3.8) is 0 Å². The van der Waals surface area contributed by atoms with Crippen molar-refractivity contribution in [2.45, 2.75) is 20.3 Å². The zero-order valence-corrected chi connectivity index (χ0v) is 12.2. The van der Waals surface area contributed by atoms with Gasteiger partial charge in [0.05, 0.1) is 22.3 Å². The number of rotatable bonds is 3. The molecule has 0 aliphatic rings. The molecule has 2 rings (SSSR count). The summed E-state index contributed by atoms with van der Waals surface area (Å²) in [5.41, 5.74) is 3.11. The van der Waals surface area contributed by atoms with Gasteiger partial charge < -0.3 is 0 Å². The zero-order chi connectivity index (χ0) is 13.3. The smallest absolute Gasteiger partial charge is 0.187 e. The third-order valence-electron chi connectivity index (χ3n) is 2.76. The van der Waals surface area contributed by atoms with E-state index in [4.69, 9.17) is 0 Å². The number of nitrogens with zero attached hydrogens (tertiary/aromatic N) is 3. The van der Waals surface area contributed by atoms with Crippen LogP contribution in [0.5, 0.6) is 0 Å². The number of aryl methyl sites for hydroxylation is 3. The lowest BCUT2D eigenvalue weighted by Gasteiger charge is -2.03. The summed E-state index contributed by atoms with van der Waals surface area (Å²) in [5, 5.41) is 4.27. The maximum atomic E-state index is 12.2. The van der Waals surface area contributed by atoms with Crippen LogP contribution in [0.25, 0.3) is 0 Å². The first kappa shape index (κ1) is 13.0. The van der Waals surface area contributed by atoms with Crippen molar-refractivity contribution in [2.24, 2.45) is 7.05 Å². The van der Waals surface area contributed by atoms with E-state index < -0.39 is 0 Å². The Morgan fingerprint density at radius 2 is 2.11 bits per heavy atom. The molecule has 2 aromatic heterocycles. The van der Waals surface area contributed by atoms with Crippen LogP contribution in [0.3, 0.4) is 0 Å². The Balaban J connectivity index is 2.27. The Bertz CT molecular complexity index is 604. The third kappa shape index (κ3) is 2.51. The predicted molar refractivity (Wildman–Crippen MR) is 72.7 cm³/mol. The Morgan fingerprint density at radius 3 is 2.67 bits per heavy atom. The normalized spacial score (nSPS) is 10.7. The van der Waals surface area contributed by atoms with Gasteiger partial charge in [0.15, 0.2) is 5.78 Å². The first-order valence-corrected chi connectivity index (χ1v) is 6.43. The van der Waals surface area contributed by atoms with E-state index in [0.29, 0.717) is 12.1 Å². The fourth-order valence-corrected chi connectivity index (χ4v) is 2.29. The molecule has 18 heavy (non-hydrogen) atoms. The number of Topliss-reactive ketones (excluding diaryl/α,β-unsaturated/α-hetero) is 1. The highest BCUT2D eigenvalue weighted by Crippen LogP contribution is 2.21. The van der Waals surface area contributed by atoms with Gasteiger partial charge in [-0.05, 0) is 41.9 Å². The molecule has 0 saturated heterocycles. The van der Waals surface area contributed by atoms with E-state index in [2.05, 4.69) is 26.0 Å². The topological polar surface area (TPSA) is 47.8 Å². The van der Waals surface area contributed by atoms with E-state index in [-0.39, 0.29) is 5.78 Å². The summed E-state index contributed by atoms with van der Waals surface area (Å²) in [5.74, 6) is 0.00222. The largest absolute Gasteiger partial charge is 0.292 e. The second kappa shape index (κ2) is 5.02. The second-order valence-corrected chi connectivity index (χ2v) is 5.03. The van der Waals surface area contributed by atoms with Gasteiger partial charge >= 0.3 is 0 Å². The van der Waals surface area contributed by atoms with Crippen LogP contribution in [0, 0.1) is 13.8 Å². The van der Waals surface area contributed by atoms with Gasteiger partial charge in [-0.15, -0.1) is 0 Å². The molecule has 0 aliphatic heterocycles. The van der Waals surface area contributed by atoms with Crippen molar-refractivity contribution < 1.29 is 4.79 Å². The third-order valence-corrected chi connectivity index (χ3v) is 3.80. The van der Waals surface area contributed by atoms with Gasteiger partial charge in [-0.25, -0.2) is 0 Å². The summed E-state index contributed by atoms with van der Waals surface area (Å²) in [7, 11) is 1.84. The molecule has 5 heteroatoms. The molecule has 0 saturated carbocycles. The highest BCUT2D eigenvalue weighted by molar-refractivity contribution is 9.10. The quantitative estimate of drug-likeness (QED) is 0.819. The first-order chi connectivity index (χ1) is 8.49. The second-order valence-electron chi connectivity index (χ2n) is 4.23. The maximum Gasteiger partial charge on any atom is 0.187 e. The Hall–Kier alpha value is -1.49. The molecular formula is C13H14BrN3O. The SMILES string of the molecule is Cc1cccc(C(=O)Cc2c(Br)c(C)nn2C)n1. The van der Waals surface area contributed by atoms with Crippen LogP contribution in [0.1, 0.15) is 27.6 Å². The van der Waals surface area contributed by atoms with E-state index in [1.165, 1.54) is 0 Å². The minimum Gasteiger partial charge on any atom is -0.292 e. The minimum absolute atomic E-state index is 0.00222. The van der Waals surface area contributed by atoms with E-state index in [1.807, 2.05) is 33.0 Å². The van der Waals surface area contributed by atoms with Crippen molar-refractivity contribution in [1.29, 1.82) is 0 Å². The molecule has 0 amide bonds. The van der Waals surface area contributed by atoms with Gasteiger partial charge in [0.1, 0.15) is 5.69 Å². The number of ketones is 1. The van der Waals surface area contributed by atoms with Gasteiger partial charge in [-0.3, -0.25) is 14.5 Å². The van der Waals surface area contributed by atoms with Crippen LogP contribution in [0.4, 0.5) is 0 Å². The van der Waals surface area contributed by atoms with Crippen molar-refractivity contribution in [3.05, 3.63) is 45.4 Å². The molecule has 0 atom stereocenters. The molecule has 2 heterocycles. The van der Waals surface area contributed by atoms with Crippen LogP contribution in [0.2, 0.25) is 0 Å². The average Bonchev–Trinajstić information content (AvgIpc) is 2.56. The summed E-state index contributed by atoms with van der Waals surface area (Å²) in [6.45, 7) is 3.78. The van der Waals surface area contributed by atoms with E-state index in [1.54, 1.807) is 10.7 Å². The minimum atomic E-state index is 0.00222. The summed E-state index contributed by atoms with van der Waals surface area (Å²) < 4.78 is 2.62. The van der Waals surface area contributed by atoms with Crippen molar-refractivity contribution in [3.8, 4) is 0 Å². The summed E-state index contributed by atoms with van der Waals surface area (Å²) in [6, 6.07) is 5.46. The van der Waals surface area contributed by atoms with Gasteiger partial charge in [-0.1, -0.05) is 6.07 Å². The van der Waals surface area contributed by atoms with Crippen molar-refractivity contribution >= 4 is 21.7 Å². The highest BCUT2D eigenvalue weighted by atomic mass is 79.9. The van der Waals surface area contributed by atoms with Crippen LogP contribution < -0.4 is 0 Å². The van der Waals surface area contributed by atoms with Gasteiger partial charge in [0.25, 0.3) is 0 Å². The zero-order valence-electron chi connectivity index (χ0n) is 10.6. The number of carbonyl (C=O) groups excluding carboxylic acids is 1. The van der Waals surface area contributed by atoms with E-state index >= 15 is 0 Å². The predicted octanol–water partition coefficient (Wildman–Crippen LogP) is 2.62. The first-order valence-electron chi connectivity index (χ1n) is 5.64. The van der Waals surface area contributed by atoms with Crippen LogP contribution in [-0.2, 0) is 13.5 Å². The molecule has 0 radical (unpaired) electrons. The lowest BCUT2D eigenvalue weighted by Crippen LogP contribution is -2.10. The molecule has 0 unspecified atom stereocenters. The molecule has 4 nitrogen and oxygen atoms in total. The van der Waals surface area contributed by atoms with E-state index in [9.17, 15) is 4.79 Å². The highest BCUT2D eigenvalue weighted by Gasteiger charge is 2.16. The lowest BCUT2D eigenvalue weighted by atomic mass is 10.1. The molecule has 0 fully saturated rings. The fourth-order valence-electron chi connectivity index (χ4n) is 1.81. The number of carbonyl (C=O) groups is 1. The molecule has 0 spiro atoms. The molecule has 0 bridgehead atoms. The summed E-state index contributed by atoms with van der Waals surface area (Å²) in [6.07, 6.45) is 0.300. The van der Waals surface area contributed by atoms with Crippen LogP contribution in [0.15, 0.2) is 22.7 Å². The number of hydrogen-bond donors (Lipinski definition) is 0. The number of pyridine rings is 1. The monoisotopic (exact) mass is 307 g/mol. The van der Waals surface area contributed by atoms with Crippen molar-refractivity contribution in [1.82, 2.24) is 14.8 Å². The van der Waals surface area contributed by atoms with Gasteiger partial charge in [0, 0.05) is 12.7 Å². The Labute approximate surface area is 114 Å². The standard InChI is InChI=1S/C13H14BrN3O/c1-8-5-4-6-10(15-8)12(18)7-11-13(14)9(2)16-17(11)3/h4-6H,7H2,1-3H3. The Morgan fingerprint density at radius 1 is 1.39 bits per heavy atom. The molecule has 0 N–H and O–H groups in total. The molecule has 0 aromatic carbocycles. The molecule has 2 aromatic rings. The van der Waals surface area contributed by atoms with Gasteiger partial charge in [-0.2, -0.15) is 5.10 Å². The fraction of sp³-hybridized carbons (Fsp3) is 0.308. The summed E-state index contributed by atoms with van der Waals surface area (Å²) in [4.78, 5) is 16.4. The average molecular weight is 308 g/mol.